The first-order chi connectivity index (χ1) is 20.3. The summed E-state index contributed by atoms with van der Waals surface area (Å²) in [6, 6.07) is -0.886. The van der Waals surface area contributed by atoms with Crippen LogP contribution in [0.3, 0.4) is 0 Å². The number of rotatable bonds is 5. The Bertz CT molecular complexity index is 1540. The zero-order valence-corrected chi connectivity index (χ0v) is 23.9. The van der Waals surface area contributed by atoms with Gasteiger partial charge < -0.3 is 36.4 Å². The van der Waals surface area contributed by atoms with Crippen molar-refractivity contribution in [1.82, 2.24) is 15.1 Å². The summed E-state index contributed by atoms with van der Waals surface area (Å²) in [4.78, 5) is 55.2. The van der Waals surface area contributed by atoms with Gasteiger partial charge in [-0.2, -0.15) is 0 Å². The number of phenolic OH excluding ortho intramolecular Hbond substituents is 1. The Labute approximate surface area is 246 Å². The predicted molar refractivity (Wildman–Crippen MR) is 148 cm³/mol. The minimum absolute atomic E-state index is 0.0672. The Hall–Kier alpha value is -3.81. The molecule has 13 heteroatoms. The van der Waals surface area contributed by atoms with E-state index in [1.807, 2.05) is 0 Å². The fourth-order valence-electron chi connectivity index (χ4n) is 7.87. The number of carbonyl (C=O) groups is 4. The van der Waals surface area contributed by atoms with Crippen molar-refractivity contribution in [3.05, 3.63) is 50.7 Å². The molecule has 1 heterocycles. The highest BCUT2D eigenvalue weighted by Crippen LogP contribution is 2.53. The number of nitrogens with two attached hydrogens (primary N) is 1. The van der Waals surface area contributed by atoms with E-state index in [2.05, 4.69) is 5.32 Å². The van der Waals surface area contributed by atoms with Crippen molar-refractivity contribution in [2.75, 3.05) is 20.6 Å². The zero-order valence-electron chi connectivity index (χ0n) is 23.9. The summed E-state index contributed by atoms with van der Waals surface area (Å²) in [5.41, 5.74) is 1.07. The van der Waals surface area contributed by atoms with Gasteiger partial charge in [0.25, 0.3) is 5.91 Å². The van der Waals surface area contributed by atoms with Crippen molar-refractivity contribution in [2.45, 2.75) is 69.3 Å². The third-order valence-corrected chi connectivity index (χ3v) is 9.98. The van der Waals surface area contributed by atoms with E-state index in [9.17, 15) is 39.6 Å². The molecule has 1 aliphatic heterocycles. The predicted octanol–water partition coefficient (Wildman–Crippen LogP) is 0.634. The molecular weight excluding hydrogens is 563 g/mol. The average Bonchev–Trinajstić information content (AvgIpc) is 3.63. The van der Waals surface area contributed by atoms with Crippen LogP contribution in [0, 0.1) is 17.7 Å². The van der Waals surface area contributed by atoms with Gasteiger partial charge in [-0.25, -0.2) is 4.39 Å². The standard InChI is InChI=1S/C30H35FN4O8/c1-34(2)23-17-8-12-7-14-20(25(38)19(12)27(40)30(17,43)28(41)21(26(23)39)29(32)42)24(37)16-11-35(10-15(16)22(14)31)18(36)9-33-13-5-3-4-6-13/h12-13,17,23,33,37,39-40,43H,3-11H2,1-2H3,(H2,32,42)/t12-,17-,23-,30-/m0/s1. The number of carbonyl (C=O) groups excluding carboxylic acids is 4. The maximum atomic E-state index is 16.1. The number of nitrogens with one attached hydrogen (secondary N) is 1. The Kier molecular flexibility index (Phi) is 6.90. The van der Waals surface area contributed by atoms with Crippen LogP contribution in [0.15, 0.2) is 22.7 Å². The number of aliphatic hydroxyl groups is 3. The van der Waals surface area contributed by atoms with Crippen molar-refractivity contribution in [2.24, 2.45) is 17.6 Å². The van der Waals surface area contributed by atoms with E-state index in [0.29, 0.717) is 0 Å². The van der Waals surface area contributed by atoms with Gasteiger partial charge >= 0.3 is 0 Å². The van der Waals surface area contributed by atoms with Gasteiger partial charge in [-0.1, -0.05) is 12.8 Å². The highest BCUT2D eigenvalue weighted by molar-refractivity contribution is 6.24. The van der Waals surface area contributed by atoms with Gasteiger partial charge in [0.1, 0.15) is 28.7 Å². The number of Topliss-reactive ketones (excluding diaryl/α,β-unsaturated/α-hetero) is 2. The number of ketones is 2. The highest BCUT2D eigenvalue weighted by Gasteiger charge is 2.63. The number of halogens is 1. The molecule has 12 nitrogen and oxygen atoms in total. The van der Waals surface area contributed by atoms with Gasteiger partial charge in [0.05, 0.1) is 24.7 Å². The number of likely N-dealkylation sites (N-methyl/N-ethyl adjacent to an activating group) is 1. The van der Waals surface area contributed by atoms with E-state index in [4.69, 9.17) is 5.73 Å². The number of primary amides is 1. The summed E-state index contributed by atoms with van der Waals surface area (Å²) >= 11 is 0. The molecule has 0 unspecified atom stereocenters. The fraction of sp³-hybridized carbons (Fsp3) is 0.533. The van der Waals surface area contributed by atoms with E-state index < -0.39 is 75.2 Å². The molecule has 0 bridgehead atoms. The number of allylic oxidation sites excluding steroid dienone is 1. The molecule has 5 aliphatic rings. The van der Waals surface area contributed by atoms with Crippen LogP contribution in [-0.2, 0) is 33.9 Å². The maximum Gasteiger partial charge on any atom is 0.255 e. The van der Waals surface area contributed by atoms with Crippen LogP contribution in [0.5, 0.6) is 5.75 Å². The maximum absolute atomic E-state index is 16.1. The smallest absolute Gasteiger partial charge is 0.255 e. The molecule has 1 aromatic rings. The molecule has 6 rings (SSSR count). The molecule has 0 spiro atoms. The Morgan fingerprint density at radius 3 is 2.37 bits per heavy atom. The number of aromatic hydroxyl groups is 1. The van der Waals surface area contributed by atoms with Gasteiger partial charge in [-0.3, -0.25) is 24.1 Å². The molecule has 230 valence electrons. The van der Waals surface area contributed by atoms with Gasteiger partial charge in [-0.05, 0) is 45.7 Å². The number of hydrogen-bond acceptors (Lipinski definition) is 10. The van der Waals surface area contributed by atoms with Gasteiger partial charge in [-0.15, -0.1) is 0 Å². The van der Waals surface area contributed by atoms with Crippen LogP contribution in [0.2, 0.25) is 0 Å². The summed E-state index contributed by atoms with van der Waals surface area (Å²) in [5, 5.41) is 48.5. The van der Waals surface area contributed by atoms with E-state index in [-0.39, 0.29) is 66.7 Å². The Morgan fingerprint density at radius 2 is 1.74 bits per heavy atom. The second-order valence-electron chi connectivity index (χ2n) is 12.5. The van der Waals surface area contributed by atoms with Crippen molar-refractivity contribution < 1.29 is 44.0 Å². The number of nitrogens with zero attached hydrogens (tertiary/aromatic N) is 2. The van der Waals surface area contributed by atoms with Crippen LogP contribution < -0.4 is 11.1 Å². The molecular formula is C30H35FN4O8. The summed E-state index contributed by atoms with van der Waals surface area (Å²) in [6.45, 7) is -0.120. The lowest BCUT2D eigenvalue weighted by atomic mass is 9.58. The van der Waals surface area contributed by atoms with Crippen molar-refractivity contribution >= 4 is 23.4 Å². The first-order valence-electron chi connectivity index (χ1n) is 14.5. The second-order valence-corrected chi connectivity index (χ2v) is 12.5. The van der Waals surface area contributed by atoms with E-state index in [0.717, 1.165) is 25.7 Å². The Balaban J connectivity index is 1.38. The first kappa shape index (κ1) is 29.3. The lowest BCUT2D eigenvalue weighted by molar-refractivity contribution is -0.148. The number of amides is 2. The first-order valence-corrected chi connectivity index (χ1v) is 14.5. The van der Waals surface area contributed by atoms with Gasteiger partial charge in [0.2, 0.25) is 11.7 Å². The quantitative estimate of drug-likeness (QED) is 0.262. The molecule has 1 fully saturated rings. The van der Waals surface area contributed by atoms with Gasteiger partial charge in [0, 0.05) is 40.8 Å². The van der Waals surface area contributed by atoms with Crippen molar-refractivity contribution in [3.8, 4) is 5.75 Å². The van der Waals surface area contributed by atoms with Crippen LogP contribution in [0.4, 0.5) is 4.39 Å². The molecule has 0 aromatic heterocycles. The minimum atomic E-state index is -2.77. The summed E-state index contributed by atoms with van der Waals surface area (Å²) in [5.74, 6) is -8.89. The zero-order chi connectivity index (χ0) is 31.1. The van der Waals surface area contributed by atoms with Crippen LogP contribution in [0.1, 0.15) is 59.2 Å². The number of fused-ring (bicyclic) bond motifs is 4. The number of hydrogen-bond donors (Lipinski definition) is 6. The molecule has 0 radical (unpaired) electrons. The number of phenols is 1. The fourth-order valence-corrected chi connectivity index (χ4v) is 7.87. The molecule has 7 N–H and O–H groups in total. The molecule has 43 heavy (non-hydrogen) atoms. The van der Waals surface area contributed by atoms with E-state index >= 15 is 4.39 Å². The highest BCUT2D eigenvalue weighted by atomic mass is 19.1. The summed E-state index contributed by atoms with van der Waals surface area (Å²) in [7, 11) is 3.06. The topological polar surface area (TPSA) is 194 Å². The second kappa shape index (κ2) is 10.1. The van der Waals surface area contributed by atoms with Crippen LogP contribution in [0.25, 0.3) is 0 Å². The third-order valence-electron chi connectivity index (χ3n) is 9.98. The average molecular weight is 599 g/mol. The van der Waals surface area contributed by atoms with Crippen LogP contribution in [-0.4, -0.2) is 91.9 Å². The molecule has 2 amide bonds. The molecule has 1 aromatic carbocycles. The SMILES string of the molecule is CN(C)[C@@H]1C(O)=C(C(N)=O)C(=O)[C@@]2(O)C(O)=C3C(=O)c4c(O)c5c(c(F)c4C[C@H]3C[C@@H]12)CN(C(=O)CNC1CCCC1)C5. The normalized spacial score (nSPS) is 28.8. The molecule has 1 saturated carbocycles. The molecule has 4 aliphatic carbocycles. The van der Waals surface area contributed by atoms with Crippen molar-refractivity contribution in [1.29, 1.82) is 0 Å². The lowest BCUT2D eigenvalue weighted by Gasteiger charge is -2.50. The monoisotopic (exact) mass is 598 g/mol. The lowest BCUT2D eigenvalue weighted by Crippen LogP contribution is -2.63. The minimum Gasteiger partial charge on any atom is -0.510 e. The third kappa shape index (κ3) is 4.12. The molecule has 4 atom stereocenters. The molecule has 0 saturated heterocycles. The van der Waals surface area contributed by atoms with E-state index in [1.54, 1.807) is 0 Å². The van der Waals surface area contributed by atoms with Gasteiger partial charge in [0.15, 0.2) is 11.4 Å². The number of aliphatic hydroxyl groups excluding tert-OH is 2. The number of benzene rings is 1. The Morgan fingerprint density at radius 1 is 1.09 bits per heavy atom. The van der Waals surface area contributed by atoms with Crippen molar-refractivity contribution in [3.63, 3.8) is 0 Å². The summed E-state index contributed by atoms with van der Waals surface area (Å²) in [6.07, 6.45) is 3.87. The largest absolute Gasteiger partial charge is 0.510 e. The summed E-state index contributed by atoms with van der Waals surface area (Å²) < 4.78 is 16.1. The van der Waals surface area contributed by atoms with E-state index in [1.165, 1.54) is 23.9 Å². The van der Waals surface area contributed by atoms with Crippen LogP contribution >= 0.6 is 0 Å².